The summed E-state index contributed by atoms with van der Waals surface area (Å²) in [6.45, 7) is 40.7. The molecule has 3 spiro atoms. The van der Waals surface area contributed by atoms with Crippen molar-refractivity contribution in [3.8, 4) is 45.0 Å². The first-order chi connectivity index (χ1) is 70.8. The number of likely N-dealkylation sites (tertiary alicyclic amines) is 1. The molecule has 12 aromatic rings. The van der Waals surface area contributed by atoms with E-state index in [4.69, 9.17) is 20.1 Å². The summed E-state index contributed by atoms with van der Waals surface area (Å²) in [5, 5.41) is 21.8. The molecule has 23 rings (SSSR count). The fraction of sp³-hybridized carbons (Fsp3) is 0.435. The number of aliphatic hydroxyl groups excluding tert-OH is 1. The molecule has 5 N–H and O–H groups in total. The molecule has 7 fully saturated rings. The lowest BCUT2D eigenvalue weighted by Gasteiger charge is -2.35. The highest BCUT2D eigenvalue weighted by Crippen LogP contribution is 2.57. The maximum Gasteiger partial charge on any atom is 0.229 e. The third-order valence-corrected chi connectivity index (χ3v) is 33.1. The predicted molar refractivity (Wildman–Crippen MR) is 578 cm³/mol. The van der Waals surface area contributed by atoms with Crippen LogP contribution in [0.1, 0.15) is 208 Å². The van der Waals surface area contributed by atoms with Gasteiger partial charge in [-0.25, -0.2) is 77.4 Å². The van der Waals surface area contributed by atoms with Crippen LogP contribution in [-0.2, 0) is 21.7 Å². The molecule has 758 valence electrons. The molecule has 4 aliphatic carbocycles. The third-order valence-electron chi connectivity index (χ3n) is 33.1. The van der Waals surface area contributed by atoms with Crippen LogP contribution in [-0.4, -0.2) is 227 Å². The van der Waals surface area contributed by atoms with Gasteiger partial charge >= 0.3 is 0 Å². The molecule has 11 aliphatic rings. The molecule has 15 heterocycles. The molecule has 4 saturated heterocycles. The number of aliphatic hydroxyl groups is 1. The molecular weight excluding hydrogens is 1840 g/mol. The Morgan fingerprint density at radius 1 is 0.363 bits per heavy atom. The zero-order valence-electron chi connectivity index (χ0n) is 86.2. The van der Waals surface area contributed by atoms with E-state index >= 15 is 8.78 Å². The monoisotopic (exact) mass is 1970 g/mol. The molecule has 146 heavy (non-hydrogen) atoms. The van der Waals surface area contributed by atoms with Gasteiger partial charge in [0, 0.05) is 152 Å². The molecule has 3 saturated carbocycles. The first kappa shape index (κ1) is 100.0. The number of aromatic nitrogens is 12. The van der Waals surface area contributed by atoms with Crippen molar-refractivity contribution in [2.45, 2.75) is 200 Å². The predicted octanol–water partition coefficient (Wildman–Crippen LogP) is 22.7. The first-order valence-corrected chi connectivity index (χ1v) is 52.5. The highest BCUT2D eigenvalue weighted by Gasteiger charge is 2.47. The standard InChI is InChI=1S/C29H34FN7O.C29H34FN7.C29H35FN6.C28H31FN6/c1-19-15-21(16-23-26(19)33-20(2)29(23)7-3-4-8-29)27-24(30)18-32-28(35-27)34-25-6-5-22(17-31-25)37-11-9-36(10-12-37)13-14-38;1-4-36-11-13-37(14-12-36)22-7-8-25(31-17-22)34-28-32-18-24(30)27(35-28)21-15-19(2)26-23(16-21)29(20(3)33-26)9-5-6-10-29;1-6-29(5)19(4)33-26-18(3)14-22(15-23(26)29)27-24(30)17-32-28(35-27)34-25-9-8-21(16-31-25)20-10-12-36(7-2)13-11-20;1-19-15-20-5-6-21(16-23(20)28(19)9-3-4-10-28)26-24(29)18-31-27(33-26)32-25-8-7-22(17-30-25)35-13-11-34(2)12-14-35/h5-6,15-18,38H,3-4,7-14H2,1-2H3,(H,31,32,34,35);7-8,15-18H,4-6,9-14H2,1-3H3,(H,31,32,34,35);8-9,14-17,20H,6-7,10-13H2,1-5H3,(H,31,32,34,35);5-8,15-18H,3-4,9-14H2,1-2H3,(H,30,31,32,33). The minimum atomic E-state index is -0.449. The summed E-state index contributed by atoms with van der Waals surface area (Å²) in [5.41, 5.74) is 25.9. The van der Waals surface area contributed by atoms with Gasteiger partial charge in [0.2, 0.25) is 23.8 Å². The van der Waals surface area contributed by atoms with Crippen LogP contribution < -0.4 is 36.0 Å². The summed E-state index contributed by atoms with van der Waals surface area (Å²) in [6.07, 6.45) is 32.0. The van der Waals surface area contributed by atoms with Crippen LogP contribution in [0.2, 0.25) is 0 Å². The van der Waals surface area contributed by atoms with Crippen LogP contribution in [0.25, 0.3) is 51.1 Å². The lowest BCUT2D eigenvalue weighted by Crippen LogP contribution is -2.47. The Balaban J connectivity index is 0.000000118. The molecule has 31 heteroatoms. The smallest absolute Gasteiger partial charge is 0.229 e. The van der Waals surface area contributed by atoms with Crippen molar-refractivity contribution in [3.05, 3.63) is 232 Å². The van der Waals surface area contributed by atoms with Crippen molar-refractivity contribution in [2.24, 2.45) is 15.0 Å². The van der Waals surface area contributed by atoms with E-state index in [0.29, 0.717) is 70.9 Å². The maximum atomic E-state index is 15.0. The second kappa shape index (κ2) is 42.6. The topological polar surface area (TPSA) is 283 Å². The van der Waals surface area contributed by atoms with Crippen LogP contribution >= 0.6 is 0 Å². The number of rotatable bonds is 21. The number of halogens is 4. The Kier molecular flexibility index (Phi) is 29.2. The molecule has 0 bridgehead atoms. The average molecular weight is 1970 g/mol. The number of nitrogens with one attached hydrogen (secondary N) is 4. The maximum absolute atomic E-state index is 15.0. The minimum Gasteiger partial charge on any atom is -0.395 e. The number of aryl methyl sites for hydroxylation is 3. The van der Waals surface area contributed by atoms with E-state index in [1.54, 1.807) is 0 Å². The number of nitrogens with zero attached hydrogens (tertiary/aromatic N) is 22. The van der Waals surface area contributed by atoms with Crippen molar-refractivity contribution >= 4 is 104 Å². The van der Waals surface area contributed by atoms with Gasteiger partial charge in [0.25, 0.3) is 0 Å². The summed E-state index contributed by atoms with van der Waals surface area (Å²) in [7, 11) is 2.15. The number of hydrogen-bond donors (Lipinski definition) is 5. The molecular formula is C115H134F4N26O. The summed E-state index contributed by atoms with van der Waals surface area (Å²) in [4.78, 5) is 84.4. The van der Waals surface area contributed by atoms with Gasteiger partial charge in [-0.3, -0.25) is 19.9 Å². The molecule has 27 nitrogen and oxygen atoms in total. The highest BCUT2D eigenvalue weighted by atomic mass is 19.1. The van der Waals surface area contributed by atoms with E-state index in [1.165, 1.54) is 121 Å². The summed E-state index contributed by atoms with van der Waals surface area (Å²) in [6, 6.07) is 34.4. The summed E-state index contributed by atoms with van der Waals surface area (Å²) in [5.74, 6) is 2.62. The van der Waals surface area contributed by atoms with E-state index in [0.717, 1.165) is 234 Å². The van der Waals surface area contributed by atoms with Gasteiger partial charge < -0.3 is 55.8 Å². The van der Waals surface area contributed by atoms with E-state index in [1.807, 2.05) is 99.3 Å². The lowest BCUT2D eigenvalue weighted by atomic mass is 9.75. The second-order valence-electron chi connectivity index (χ2n) is 41.6. The van der Waals surface area contributed by atoms with E-state index in [9.17, 15) is 8.78 Å². The Hall–Kier alpha value is -13.3. The van der Waals surface area contributed by atoms with Crippen molar-refractivity contribution in [3.63, 3.8) is 0 Å². The number of piperidine rings is 1. The van der Waals surface area contributed by atoms with Crippen molar-refractivity contribution in [2.75, 3.05) is 161 Å². The number of fused-ring (bicyclic) bond motifs is 7. The van der Waals surface area contributed by atoms with Gasteiger partial charge in [-0.2, -0.15) is 0 Å². The van der Waals surface area contributed by atoms with Crippen LogP contribution in [0.3, 0.4) is 0 Å². The van der Waals surface area contributed by atoms with Gasteiger partial charge in [0.05, 0.1) is 84.1 Å². The van der Waals surface area contributed by atoms with Crippen LogP contribution in [0.5, 0.6) is 0 Å². The Bertz CT molecular complexity index is 6910. The number of piperazine rings is 3. The van der Waals surface area contributed by atoms with E-state index in [-0.39, 0.29) is 39.7 Å². The Labute approximate surface area is 854 Å². The van der Waals surface area contributed by atoms with Gasteiger partial charge in [-0.15, -0.1) is 0 Å². The Morgan fingerprint density at radius 2 is 0.719 bits per heavy atom. The SMILES string of the molecule is CC1=Cc2ccc(-c3nc(Nc4ccc(N5CCN(C)CC5)cn4)ncc3F)cc2C12CCCC2.CC1=Nc2c(C)cc(-c3nc(Nc4ccc(N5CCN(CCO)CC5)cn4)ncc3F)cc2C12CCCC2.CCN1CCC(c2ccc(Nc3ncc(F)c(-c4cc(C)c5c(c4)C(C)(CC)C(C)=N5)n3)nc2)CC1.CCN1CCN(c2ccc(Nc3ncc(F)c(-c4cc(C)c5c(c4)C4(CCCC4)C(C)=N5)n3)nc2)CC1. The number of hydrogen-bond acceptors (Lipinski definition) is 27. The van der Waals surface area contributed by atoms with E-state index < -0.39 is 23.3 Å². The quantitative estimate of drug-likeness (QED) is 0.0418. The van der Waals surface area contributed by atoms with Crippen molar-refractivity contribution in [1.29, 1.82) is 0 Å². The zero-order valence-corrected chi connectivity index (χ0v) is 86.2. The summed E-state index contributed by atoms with van der Waals surface area (Å²) < 4.78 is 59.9. The molecule has 8 aromatic heterocycles. The van der Waals surface area contributed by atoms with Gasteiger partial charge in [-0.05, 0) is 280 Å². The van der Waals surface area contributed by atoms with Crippen LogP contribution in [0.4, 0.5) is 98.8 Å². The number of anilines is 11. The number of benzene rings is 4. The fourth-order valence-electron chi connectivity index (χ4n) is 23.9. The first-order valence-electron chi connectivity index (χ1n) is 52.5. The molecule has 0 amide bonds. The number of likely N-dealkylation sites (N-methyl/N-ethyl adjacent to an activating group) is 2. The molecule has 1 unspecified atom stereocenters. The summed E-state index contributed by atoms with van der Waals surface area (Å²) >= 11 is 0. The third kappa shape index (κ3) is 20.3. The van der Waals surface area contributed by atoms with Crippen molar-refractivity contribution in [1.82, 2.24) is 79.4 Å². The Morgan fingerprint density at radius 3 is 1.10 bits per heavy atom. The van der Waals surface area contributed by atoms with E-state index in [2.05, 4.69) is 233 Å². The molecule has 4 aromatic carbocycles. The average Bonchev–Trinajstić information content (AvgIpc) is 1.57. The highest BCUT2D eigenvalue weighted by molar-refractivity contribution is 6.04. The van der Waals surface area contributed by atoms with Gasteiger partial charge in [0.15, 0.2) is 23.3 Å². The van der Waals surface area contributed by atoms with Gasteiger partial charge in [0.1, 0.15) is 46.0 Å². The number of aliphatic imine (C=N–C) groups is 3. The number of β-amino-alcohol motifs (C(OH)–C–C–N with tert-alkyl or cyclic N) is 1. The van der Waals surface area contributed by atoms with Crippen molar-refractivity contribution < 1.29 is 22.7 Å². The largest absolute Gasteiger partial charge is 0.395 e. The van der Waals surface area contributed by atoms with Crippen LogP contribution in [0.15, 0.2) is 173 Å². The fourth-order valence-corrected chi connectivity index (χ4v) is 23.9. The zero-order chi connectivity index (χ0) is 101. The lowest BCUT2D eigenvalue weighted by molar-refractivity contribution is 0.189. The number of allylic oxidation sites excluding steroid dienone is 1. The molecule has 7 aliphatic heterocycles. The normalized spacial score (nSPS) is 19.2. The second-order valence-corrected chi connectivity index (χ2v) is 41.6. The van der Waals surface area contributed by atoms with Crippen LogP contribution in [0, 0.1) is 44.0 Å². The van der Waals surface area contributed by atoms with Gasteiger partial charge in [-0.1, -0.05) is 96.1 Å². The minimum absolute atomic E-state index is 0.00443. The number of pyridine rings is 4. The molecule has 0 radical (unpaired) electrons. The molecule has 1 atom stereocenters.